The molecule has 2 aromatic heterocycles. The van der Waals surface area contributed by atoms with Crippen LogP contribution in [0.2, 0.25) is 0 Å². The van der Waals surface area contributed by atoms with Crippen molar-refractivity contribution in [1.29, 1.82) is 0 Å². The standard InChI is InChI=1S/C41H56N6O4/c1-28(2)47-24-32(23-43-47)31-13-20-42-37(22-31)46(38(48)30-7-10-35(11-8-30)51-39(49)45-25-34(26-45)44(4)5)27-40-14-17-41(18-15-40,19-16-40)33-9-12-36(50-6)29(3)21-33/h9,12-13,20-24,28,30,34-35H,7-8,10-11,14-19,25-27H2,1-6H3. The monoisotopic (exact) mass is 696 g/mol. The molecule has 2 amide bonds. The first kappa shape index (κ1) is 35.5. The summed E-state index contributed by atoms with van der Waals surface area (Å²) in [6.07, 6.45) is 14.9. The van der Waals surface area contributed by atoms with Gasteiger partial charge >= 0.3 is 6.09 Å². The summed E-state index contributed by atoms with van der Waals surface area (Å²) >= 11 is 0. The third-order valence-electron chi connectivity index (χ3n) is 12.8. The molecule has 2 bridgehead atoms. The zero-order valence-electron chi connectivity index (χ0n) is 31.4. The maximum Gasteiger partial charge on any atom is 0.410 e. The van der Waals surface area contributed by atoms with Crippen molar-refractivity contribution >= 4 is 17.8 Å². The van der Waals surface area contributed by atoms with E-state index in [-0.39, 0.29) is 40.9 Å². The molecule has 1 aromatic carbocycles. The Morgan fingerprint density at radius 3 is 2.27 bits per heavy atom. The summed E-state index contributed by atoms with van der Waals surface area (Å²) in [5.41, 5.74) is 4.92. The third-order valence-corrected chi connectivity index (χ3v) is 12.8. The fourth-order valence-electron chi connectivity index (χ4n) is 9.06. The van der Waals surface area contributed by atoms with Crippen LogP contribution in [0, 0.1) is 18.3 Å². The third kappa shape index (κ3) is 7.13. The molecule has 5 aliphatic rings. The van der Waals surface area contributed by atoms with Gasteiger partial charge in [0.2, 0.25) is 5.91 Å². The van der Waals surface area contributed by atoms with Gasteiger partial charge in [-0.15, -0.1) is 0 Å². The Labute approximate surface area is 303 Å². The molecule has 0 N–H and O–H groups in total. The molecule has 10 nitrogen and oxygen atoms in total. The number of carbonyl (C=O) groups is 2. The average molecular weight is 697 g/mol. The van der Waals surface area contributed by atoms with E-state index in [1.807, 2.05) is 42.1 Å². The number of nitrogens with zero attached hydrogens (tertiary/aromatic N) is 6. The smallest absolute Gasteiger partial charge is 0.410 e. The maximum absolute atomic E-state index is 14.7. The molecule has 0 unspecified atom stereocenters. The van der Waals surface area contributed by atoms with Crippen LogP contribution in [0.4, 0.5) is 10.6 Å². The van der Waals surface area contributed by atoms with E-state index in [1.54, 1.807) is 12.0 Å². The molecular weight excluding hydrogens is 640 g/mol. The highest BCUT2D eigenvalue weighted by Crippen LogP contribution is 2.58. The fraction of sp³-hybridized carbons (Fsp3) is 0.610. The quantitative estimate of drug-likeness (QED) is 0.218. The van der Waals surface area contributed by atoms with E-state index >= 15 is 0 Å². The zero-order valence-corrected chi connectivity index (χ0v) is 31.4. The van der Waals surface area contributed by atoms with E-state index < -0.39 is 0 Å². The molecule has 0 atom stereocenters. The number of likely N-dealkylation sites (N-methyl/N-ethyl adjacent to an activating group) is 1. The van der Waals surface area contributed by atoms with Gasteiger partial charge in [-0.2, -0.15) is 5.10 Å². The first-order valence-corrected chi connectivity index (χ1v) is 19.1. The van der Waals surface area contributed by atoms with Crippen LogP contribution >= 0.6 is 0 Å². The molecule has 274 valence electrons. The Morgan fingerprint density at radius 1 is 0.961 bits per heavy atom. The highest BCUT2D eigenvalue weighted by atomic mass is 16.6. The number of hydrogen-bond acceptors (Lipinski definition) is 7. The van der Waals surface area contributed by atoms with Crippen LogP contribution in [0.25, 0.3) is 11.1 Å². The summed E-state index contributed by atoms with van der Waals surface area (Å²) in [7, 11) is 5.82. The number of anilines is 1. The molecule has 1 saturated heterocycles. The molecule has 10 heteroatoms. The van der Waals surface area contributed by atoms with E-state index in [9.17, 15) is 9.59 Å². The maximum atomic E-state index is 14.7. The number of fused-ring (bicyclic) bond motifs is 3. The van der Waals surface area contributed by atoms with Crippen LogP contribution in [0.15, 0.2) is 48.9 Å². The van der Waals surface area contributed by atoms with Gasteiger partial charge in [0.1, 0.15) is 17.7 Å². The second kappa shape index (κ2) is 14.2. The molecule has 0 radical (unpaired) electrons. The Hall–Kier alpha value is -3.92. The number of pyridine rings is 1. The van der Waals surface area contributed by atoms with E-state index in [2.05, 4.69) is 61.2 Å². The van der Waals surface area contributed by atoms with Crippen molar-refractivity contribution in [1.82, 2.24) is 24.6 Å². The second-order valence-corrected chi connectivity index (χ2v) is 16.5. The summed E-state index contributed by atoms with van der Waals surface area (Å²) in [5.74, 6) is 1.69. The molecule has 8 rings (SSSR count). The Balaban J connectivity index is 1.07. The molecule has 4 saturated carbocycles. The first-order valence-electron chi connectivity index (χ1n) is 19.1. The predicted molar refractivity (Wildman–Crippen MR) is 199 cm³/mol. The lowest BCUT2D eigenvalue weighted by atomic mass is 9.51. The topological polar surface area (TPSA) is 93.0 Å². The molecule has 5 fully saturated rings. The van der Waals surface area contributed by atoms with Gasteiger partial charge in [0, 0.05) is 55.6 Å². The number of aromatic nitrogens is 3. The van der Waals surface area contributed by atoms with Crippen molar-refractivity contribution in [2.45, 2.75) is 109 Å². The lowest BCUT2D eigenvalue weighted by Crippen LogP contribution is -2.59. The van der Waals surface area contributed by atoms with Crippen molar-refractivity contribution in [3.8, 4) is 16.9 Å². The van der Waals surface area contributed by atoms with Gasteiger partial charge in [0.25, 0.3) is 0 Å². The van der Waals surface area contributed by atoms with Gasteiger partial charge in [0.15, 0.2) is 0 Å². The number of benzene rings is 1. The van der Waals surface area contributed by atoms with E-state index in [4.69, 9.17) is 14.5 Å². The second-order valence-electron chi connectivity index (χ2n) is 16.5. The van der Waals surface area contributed by atoms with Gasteiger partial charge < -0.3 is 19.3 Å². The molecule has 3 aromatic rings. The van der Waals surface area contributed by atoms with Gasteiger partial charge in [-0.3, -0.25) is 14.4 Å². The first-order chi connectivity index (χ1) is 24.5. The molecule has 4 aliphatic carbocycles. The van der Waals surface area contributed by atoms with E-state index in [0.29, 0.717) is 51.4 Å². The minimum Gasteiger partial charge on any atom is -0.496 e. The summed E-state index contributed by atoms with van der Waals surface area (Å²) in [4.78, 5) is 38.3. The van der Waals surface area contributed by atoms with Crippen LogP contribution in [0.5, 0.6) is 5.75 Å². The van der Waals surface area contributed by atoms with Crippen molar-refractivity contribution in [2.75, 3.05) is 45.7 Å². The number of carbonyl (C=O) groups excluding carboxylic acids is 2. The summed E-state index contributed by atoms with van der Waals surface area (Å²) in [6, 6.07) is 11.5. The molecule has 3 heterocycles. The Bertz CT molecular complexity index is 1700. The highest BCUT2D eigenvalue weighted by Gasteiger charge is 2.51. The lowest BCUT2D eigenvalue weighted by Gasteiger charge is -2.55. The normalized spacial score (nSPS) is 26.3. The Kier molecular flexibility index (Phi) is 9.91. The average Bonchev–Trinajstić information content (AvgIpc) is 3.62. The molecular formula is C41H56N6O4. The number of hydrogen-bond donors (Lipinski definition) is 0. The number of likely N-dealkylation sites (tertiary alicyclic amines) is 1. The van der Waals surface area contributed by atoms with Gasteiger partial charge in [-0.25, -0.2) is 9.78 Å². The molecule has 51 heavy (non-hydrogen) atoms. The SMILES string of the molecule is COc1ccc(C23CCC(CN(C(=O)C4CCC(OC(=O)N5CC(N(C)C)C5)CC4)c4cc(-c5cnn(C(C)C)c5)ccn4)(CC2)CC3)cc1C. The van der Waals surface area contributed by atoms with Crippen LogP contribution in [0.1, 0.15) is 95.2 Å². The summed E-state index contributed by atoms with van der Waals surface area (Å²) in [5, 5.41) is 4.57. The zero-order chi connectivity index (χ0) is 35.9. The van der Waals surface area contributed by atoms with Crippen LogP contribution < -0.4 is 9.64 Å². The number of amides is 2. The minimum atomic E-state index is -0.221. The predicted octanol–water partition coefficient (Wildman–Crippen LogP) is 7.41. The van der Waals surface area contributed by atoms with Crippen LogP contribution in [-0.4, -0.2) is 89.5 Å². The van der Waals surface area contributed by atoms with Crippen molar-refractivity contribution < 1.29 is 19.1 Å². The lowest BCUT2D eigenvalue weighted by molar-refractivity contribution is -0.124. The number of aryl methyl sites for hydroxylation is 1. The fourth-order valence-corrected chi connectivity index (χ4v) is 9.06. The highest BCUT2D eigenvalue weighted by molar-refractivity contribution is 5.95. The van der Waals surface area contributed by atoms with Crippen molar-refractivity contribution in [3.05, 3.63) is 60.0 Å². The number of methoxy groups -OCH3 is 1. The van der Waals surface area contributed by atoms with Crippen molar-refractivity contribution in [3.63, 3.8) is 0 Å². The van der Waals surface area contributed by atoms with Gasteiger partial charge in [0.05, 0.1) is 13.3 Å². The number of rotatable bonds is 10. The van der Waals surface area contributed by atoms with Crippen LogP contribution in [0.3, 0.4) is 0 Å². The van der Waals surface area contributed by atoms with Crippen molar-refractivity contribution in [2.24, 2.45) is 11.3 Å². The van der Waals surface area contributed by atoms with Crippen LogP contribution in [-0.2, 0) is 14.9 Å². The minimum absolute atomic E-state index is 0.0630. The molecule has 0 spiro atoms. The van der Waals surface area contributed by atoms with Gasteiger partial charge in [-0.05, 0) is 145 Å². The summed E-state index contributed by atoms with van der Waals surface area (Å²) < 4.78 is 13.4. The van der Waals surface area contributed by atoms with E-state index in [1.165, 1.54) is 11.1 Å². The number of ether oxygens (including phenoxy) is 2. The van der Waals surface area contributed by atoms with E-state index in [0.717, 1.165) is 61.2 Å². The van der Waals surface area contributed by atoms with Gasteiger partial charge in [-0.1, -0.05) is 12.1 Å². The molecule has 1 aliphatic heterocycles. The largest absolute Gasteiger partial charge is 0.496 e. The summed E-state index contributed by atoms with van der Waals surface area (Å²) in [6.45, 7) is 8.48. The Morgan fingerprint density at radius 2 is 1.67 bits per heavy atom.